The molecule has 0 bridgehead atoms. The van der Waals surface area contributed by atoms with Crippen molar-refractivity contribution in [1.29, 1.82) is 0 Å². The van der Waals surface area contributed by atoms with Crippen LogP contribution in [0.2, 0.25) is 0 Å². The number of oxime groups is 1. The number of nitrogens with zero attached hydrogens (tertiary/aromatic N) is 4. The molecule has 39 heavy (non-hydrogen) atoms. The van der Waals surface area contributed by atoms with E-state index >= 15 is 0 Å². The van der Waals surface area contributed by atoms with Crippen LogP contribution in [0.3, 0.4) is 0 Å². The topological polar surface area (TPSA) is 151 Å². The summed E-state index contributed by atoms with van der Waals surface area (Å²) in [7, 11) is 0. The van der Waals surface area contributed by atoms with Crippen molar-refractivity contribution in [3.63, 3.8) is 0 Å². The van der Waals surface area contributed by atoms with Crippen molar-refractivity contribution in [1.82, 2.24) is 15.1 Å². The fraction of sp³-hybridized carbons (Fsp3) is 0.593. The first-order valence-electron chi connectivity index (χ1n) is 13.1. The minimum atomic E-state index is -0.368. The summed E-state index contributed by atoms with van der Waals surface area (Å²) in [6.07, 6.45) is 6.21. The third-order valence-electron chi connectivity index (χ3n) is 6.71. The van der Waals surface area contributed by atoms with Crippen molar-refractivity contribution in [3.05, 3.63) is 47.2 Å². The van der Waals surface area contributed by atoms with Gasteiger partial charge in [-0.15, -0.1) is 13.1 Å². The summed E-state index contributed by atoms with van der Waals surface area (Å²) in [4.78, 5) is 25.1. The molecule has 0 aromatic heterocycles. The van der Waals surface area contributed by atoms with Crippen LogP contribution in [0.5, 0.6) is 0 Å². The molecule has 3 rings (SSSR count). The SMILES string of the molecule is CC(N)C(=O)N1CC[N-]CC1.CCC(Cc1ccc(N)cc1F)N1CC(C)[C@H](C)C1.O=CN/C=C/C=N/O.[Y]. The van der Waals surface area contributed by atoms with Crippen molar-refractivity contribution in [2.24, 2.45) is 22.7 Å². The summed E-state index contributed by atoms with van der Waals surface area (Å²) in [5.41, 5.74) is 12.3. The maximum Gasteiger partial charge on any atom is 0.239 e. The van der Waals surface area contributed by atoms with E-state index in [9.17, 15) is 14.0 Å². The number of likely N-dealkylation sites (tertiary alicyclic amines) is 1. The third-order valence-corrected chi connectivity index (χ3v) is 6.71. The van der Waals surface area contributed by atoms with E-state index in [-0.39, 0.29) is 50.5 Å². The average Bonchev–Trinajstić information content (AvgIpc) is 3.24. The second kappa shape index (κ2) is 20.9. The first kappa shape index (κ1) is 37.1. The van der Waals surface area contributed by atoms with Gasteiger partial charge < -0.3 is 32.2 Å². The van der Waals surface area contributed by atoms with Gasteiger partial charge in [0.2, 0.25) is 12.3 Å². The molecule has 217 valence electrons. The molecule has 1 aromatic rings. The van der Waals surface area contributed by atoms with E-state index < -0.39 is 0 Å². The number of carbonyl (C=O) groups excluding carboxylic acids is 2. The van der Waals surface area contributed by atoms with Crippen LogP contribution in [-0.4, -0.2) is 84.9 Å². The molecular weight excluding hydrogens is 578 g/mol. The minimum Gasteiger partial charge on any atom is -0.659 e. The van der Waals surface area contributed by atoms with Crippen LogP contribution in [0, 0.1) is 17.7 Å². The van der Waals surface area contributed by atoms with Crippen molar-refractivity contribution >= 4 is 24.2 Å². The van der Waals surface area contributed by atoms with Gasteiger partial charge in [-0.05, 0) is 55.4 Å². The first-order chi connectivity index (χ1) is 18.1. The number of nitrogens with two attached hydrogens (primary N) is 2. The Balaban J connectivity index is 0.000000615. The fourth-order valence-electron chi connectivity index (χ4n) is 4.28. The van der Waals surface area contributed by atoms with E-state index in [0.717, 1.165) is 75.7 Å². The summed E-state index contributed by atoms with van der Waals surface area (Å²) in [5.74, 6) is 1.36. The predicted octanol–water partition coefficient (Wildman–Crippen LogP) is 2.57. The van der Waals surface area contributed by atoms with Gasteiger partial charge in [-0.1, -0.05) is 32.0 Å². The number of benzene rings is 1. The Bertz CT molecular complexity index is 888. The first-order valence-corrected chi connectivity index (χ1v) is 13.1. The molecule has 4 atom stereocenters. The molecule has 12 heteroatoms. The number of carbonyl (C=O) groups is 2. The van der Waals surface area contributed by atoms with Gasteiger partial charge in [0.25, 0.3) is 0 Å². The molecule has 2 saturated heterocycles. The zero-order valence-electron chi connectivity index (χ0n) is 23.7. The molecule has 2 aliphatic rings. The number of allylic oxidation sites excluding steroid dienone is 1. The van der Waals surface area contributed by atoms with Crippen LogP contribution in [0.1, 0.15) is 39.7 Å². The zero-order valence-corrected chi connectivity index (χ0v) is 26.5. The Hall–Kier alpha value is -1.92. The van der Waals surface area contributed by atoms with Gasteiger partial charge in [0.15, 0.2) is 0 Å². The molecule has 0 spiro atoms. The Morgan fingerprint density at radius 1 is 1.28 bits per heavy atom. The summed E-state index contributed by atoms with van der Waals surface area (Å²) >= 11 is 0. The molecule has 2 fully saturated rings. The number of nitrogen functional groups attached to an aromatic ring is 1. The van der Waals surface area contributed by atoms with Crippen LogP contribution in [0.4, 0.5) is 10.1 Å². The van der Waals surface area contributed by atoms with Gasteiger partial charge in [0, 0.05) is 76.8 Å². The maximum atomic E-state index is 13.9. The summed E-state index contributed by atoms with van der Waals surface area (Å²) in [6.45, 7) is 13.8. The van der Waals surface area contributed by atoms with Gasteiger partial charge in [-0.25, -0.2) is 4.39 Å². The largest absolute Gasteiger partial charge is 0.659 e. The van der Waals surface area contributed by atoms with Gasteiger partial charge >= 0.3 is 0 Å². The van der Waals surface area contributed by atoms with E-state index in [1.165, 1.54) is 18.3 Å². The monoisotopic (exact) mass is 623 g/mol. The van der Waals surface area contributed by atoms with E-state index in [4.69, 9.17) is 16.7 Å². The number of hydrogen-bond donors (Lipinski definition) is 4. The molecule has 1 aromatic carbocycles. The number of rotatable bonds is 8. The molecule has 2 amide bonds. The fourth-order valence-corrected chi connectivity index (χ4v) is 4.28. The van der Waals surface area contributed by atoms with Crippen LogP contribution in [-0.2, 0) is 48.7 Å². The molecule has 10 nitrogen and oxygen atoms in total. The van der Waals surface area contributed by atoms with E-state index in [1.54, 1.807) is 17.9 Å². The predicted molar refractivity (Wildman–Crippen MR) is 150 cm³/mol. The van der Waals surface area contributed by atoms with Crippen molar-refractivity contribution in [2.75, 3.05) is 45.0 Å². The van der Waals surface area contributed by atoms with E-state index in [2.05, 4.69) is 41.5 Å². The molecule has 1 radical (unpaired) electrons. The number of halogens is 1. The van der Waals surface area contributed by atoms with Crippen LogP contribution >= 0.6 is 0 Å². The quantitative estimate of drug-likeness (QED) is 0.115. The number of piperazine rings is 1. The Morgan fingerprint density at radius 2 is 1.90 bits per heavy atom. The van der Waals surface area contributed by atoms with Gasteiger partial charge in [0.1, 0.15) is 5.82 Å². The molecule has 2 heterocycles. The summed E-state index contributed by atoms with van der Waals surface area (Å²) in [6, 6.07) is 5.12. The Labute approximate surface area is 257 Å². The smallest absolute Gasteiger partial charge is 0.239 e. The number of anilines is 1. The van der Waals surface area contributed by atoms with Crippen molar-refractivity contribution < 1.29 is 51.9 Å². The van der Waals surface area contributed by atoms with E-state index in [1.807, 2.05) is 6.07 Å². The number of hydrogen-bond acceptors (Lipinski definition) is 7. The zero-order chi connectivity index (χ0) is 28.5. The van der Waals surface area contributed by atoms with Crippen LogP contribution in [0.15, 0.2) is 35.6 Å². The number of amides is 2. The minimum absolute atomic E-state index is 0. The molecule has 6 N–H and O–H groups in total. The normalized spacial score (nSPS) is 20.7. The number of nitrogens with one attached hydrogen (secondary N) is 1. The van der Waals surface area contributed by atoms with Crippen molar-refractivity contribution in [3.8, 4) is 0 Å². The molecule has 0 aliphatic carbocycles. The second-order valence-corrected chi connectivity index (χ2v) is 9.72. The Morgan fingerprint density at radius 3 is 2.38 bits per heavy atom. The molecular formula is C27H45FN7O3Y-. The van der Waals surface area contributed by atoms with Gasteiger partial charge in [-0.2, -0.15) is 0 Å². The summed E-state index contributed by atoms with van der Waals surface area (Å²) in [5, 5.41) is 16.8. The average molecular weight is 624 g/mol. The van der Waals surface area contributed by atoms with E-state index in [0.29, 0.717) is 18.1 Å². The van der Waals surface area contributed by atoms with Crippen LogP contribution in [0.25, 0.3) is 5.32 Å². The van der Waals surface area contributed by atoms with Crippen LogP contribution < -0.4 is 16.8 Å². The summed E-state index contributed by atoms with van der Waals surface area (Å²) < 4.78 is 13.9. The van der Waals surface area contributed by atoms with Gasteiger partial charge in [-0.3, -0.25) is 14.5 Å². The maximum absolute atomic E-state index is 13.9. The molecule has 0 saturated carbocycles. The molecule has 2 aliphatic heterocycles. The Kier molecular flexibility index (Phi) is 19.9. The third kappa shape index (κ3) is 14.3. The molecule has 3 unspecified atom stereocenters. The van der Waals surface area contributed by atoms with Gasteiger partial charge in [0.05, 0.1) is 12.3 Å². The second-order valence-electron chi connectivity index (χ2n) is 9.72. The van der Waals surface area contributed by atoms with Crippen molar-refractivity contribution in [2.45, 2.75) is 52.6 Å². The standard InChI is InChI=1S/C16H25FN2.C7H14N3O.C4H6N2O2.Y/c1-4-15(19-9-11(2)12(3)10-19)7-13-5-6-14(18)8-16(13)17;1-6(8)7(11)10-4-2-9-3-5-10;7-4-5-2-1-3-6-8;/h5-6,8,11-12,15H,4,7,9-10,18H2,1-3H3;6H,2-5,8H2,1H3;1-4,8H,(H,5,7);/q;-1;;/b;;2-1+,6-3+;/t11-,12?,15?;;;/m1.../s1.